The Morgan fingerprint density at radius 2 is 2.31 bits per heavy atom. The van der Waals surface area contributed by atoms with Crippen LogP contribution in [0.2, 0.25) is 0 Å². The molecule has 1 aliphatic rings. The first-order valence-electron chi connectivity index (χ1n) is 5.15. The predicted octanol–water partition coefficient (Wildman–Crippen LogP) is 1.88. The molecule has 86 valence electrons. The molecule has 2 rings (SSSR count). The molecular formula is C12H14O4. The van der Waals surface area contributed by atoms with E-state index < -0.39 is 0 Å². The van der Waals surface area contributed by atoms with E-state index in [0.29, 0.717) is 23.7 Å². The number of carbonyl (C=O) groups is 1. The van der Waals surface area contributed by atoms with E-state index in [4.69, 9.17) is 14.2 Å². The molecule has 0 saturated heterocycles. The molecular weight excluding hydrogens is 208 g/mol. The Morgan fingerprint density at radius 1 is 1.50 bits per heavy atom. The van der Waals surface area contributed by atoms with Gasteiger partial charge in [-0.25, -0.2) is 0 Å². The summed E-state index contributed by atoms with van der Waals surface area (Å²) in [5, 5.41) is 0. The zero-order valence-electron chi connectivity index (χ0n) is 9.36. The highest BCUT2D eigenvalue weighted by atomic mass is 16.7. The smallest absolute Gasteiger partial charge is 0.188 e. The standard InChI is InChI=1S/C12H14O4/c1-8-6-15-11-5-9(16-7-14-2)3-4-10(11)12(8)13/h3-5,8H,6-7H2,1-2H3. The molecule has 1 unspecified atom stereocenters. The van der Waals surface area contributed by atoms with Gasteiger partial charge in [0, 0.05) is 13.2 Å². The molecule has 0 N–H and O–H groups in total. The zero-order valence-corrected chi connectivity index (χ0v) is 9.36. The van der Waals surface area contributed by atoms with E-state index in [1.165, 1.54) is 0 Å². The van der Waals surface area contributed by atoms with Crippen molar-refractivity contribution < 1.29 is 19.0 Å². The van der Waals surface area contributed by atoms with E-state index in [2.05, 4.69) is 0 Å². The van der Waals surface area contributed by atoms with Crippen LogP contribution in [0.3, 0.4) is 0 Å². The largest absolute Gasteiger partial charge is 0.492 e. The number of benzene rings is 1. The Kier molecular flexibility index (Phi) is 3.10. The van der Waals surface area contributed by atoms with Gasteiger partial charge in [0.05, 0.1) is 18.1 Å². The van der Waals surface area contributed by atoms with Crippen molar-refractivity contribution in [3.05, 3.63) is 23.8 Å². The lowest BCUT2D eigenvalue weighted by Crippen LogP contribution is -2.25. The third kappa shape index (κ3) is 2.02. The predicted molar refractivity (Wildman–Crippen MR) is 57.9 cm³/mol. The normalized spacial score (nSPS) is 18.9. The highest BCUT2D eigenvalue weighted by Gasteiger charge is 2.25. The van der Waals surface area contributed by atoms with Gasteiger partial charge in [-0.15, -0.1) is 0 Å². The summed E-state index contributed by atoms with van der Waals surface area (Å²) >= 11 is 0. The number of carbonyl (C=O) groups excluding carboxylic acids is 1. The van der Waals surface area contributed by atoms with Gasteiger partial charge in [-0.05, 0) is 12.1 Å². The van der Waals surface area contributed by atoms with Crippen molar-refractivity contribution in [2.45, 2.75) is 6.92 Å². The summed E-state index contributed by atoms with van der Waals surface area (Å²) in [6.07, 6.45) is 0. The minimum Gasteiger partial charge on any atom is -0.492 e. The summed E-state index contributed by atoms with van der Waals surface area (Å²) in [5.74, 6) is 1.29. The van der Waals surface area contributed by atoms with Crippen molar-refractivity contribution in [3.63, 3.8) is 0 Å². The molecule has 1 aliphatic heterocycles. The van der Waals surface area contributed by atoms with Crippen LogP contribution >= 0.6 is 0 Å². The summed E-state index contributed by atoms with van der Waals surface area (Å²) in [6.45, 7) is 2.48. The van der Waals surface area contributed by atoms with Crippen molar-refractivity contribution in [2.75, 3.05) is 20.5 Å². The summed E-state index contributed by atoms with van der Waals surface area (Å²) in [7, 11) is 1.56. The lowest BCUT2D eigenvalue weighted by atomic mass is 9.97. The van der Waals surface area contributed by atoms with Crippen LogP contribution in [0, 0.1) is 5.92 Å². The fourth-order valence-corrected chi connectivity index (χ4v) is 1.60. The van der Waals surface area contributed by atoms with Crippen LogP contribution in [0.4, 0.5) is 0 Å². The third-order valence-electron chi connectivity index (χ3n) is 2.50. The van der Waals surface area contributed by atoms with Crippen LogP contribution in [0.15, 0.2) is 18.2 Å². The van der Waals surface area contributed by atoms with Crippen LogP contribution < -0.4 is 9.47 Å². The number of hydrogen-bond acceptors (Lipinski definition) is 4. The van der Waals surface area contributed by atoms with Crippen molar-refractivity contribution in [2.24, 2.45) is 5.92 Å². The minimum absolute atomic E-state index is 0.0711. The van der Waals surface area contributed by atoms with E-state index >= 15 is 0 Å². The highest BCUT2D eigenvalue weighted by Crippen LogP contribution is 2.30. The monoisotopic (exact) mass is 222 g/mol. The van der Waals surface area contributed by atoms with E-state index in [1.807, 2.05) is 6.92 Å². The lowest BCUT2D eigenvalue weighted by Gasteiger charge is -2.21. The molecule has 0 saturated carbocycles. The van der Waals surface area contributed by atoms with Crippen LogP contribution in [-0.2, 0) is 4.74 Å². The second-order valence-corrected chi connectivity index (χ2v) is 3.79. The Balaban J connectivity index is 2.23. The van der Waals surface area contributed by atoms with Crippen molar-refractivity contribution in [1.82, 2.24) is 0 Å². The summed E-state index contributed by atoms with van der Waals surface area (Å²) < 4.78 is 15.6. The van der Waals surface area contributed by atoms with E-state index in [1.54, 1.807) is 25.3 Å². The van der Waals surface area contributed by atoms with Crippen molar-refractivity contribution in [3.8, 4) is 11.5 Å². The molecule has 0 bridgehead atoms. The topological polar surface area (TPSA) is 44.8 Å². The summed E-state index contributed by atoms with van der Waals surface area (Å²) in [6, 6.07) is 5.20. The summed E-state index contributed by atoms with van der Waals surface area (Å²) in [4.78, 5) is 11.8. The van der Waals surface area contributed by atoms with Gasteiger partial charge in [-0.2, -0.15) is 0 Å². The molecule has 4 heteroatoms. The second-order valence-electron chi connectivity index (χ2n) is 3.79. The third-order valence-corrected chi connectivity index (χ3v) is 2.50. The lowest BCUT2D eigenvalue weighted by molar-refractivity contribution is 0.0508. The Labute approximate surface area is 94.1 Å². The van der Waals surface area contributed by atoms with Gasteiger partial charge in [-0.3, -0.25) is 4.79 Å². The quantitative estimate of drug-likeness (QED) is 0.732. The highest BCUT2D eigenvalue weighted by molar-refractivity contribution is 6.01. The van der Waals surface area contributed by atoms with Gasteiger partial charge in [0.15, 0.2) is 12.6 Å². The summed E-state index contributed by atoms with van der Waals surface area (Å²) in [5.41, 5.74) is 0.628. The van der Waals surface area contributed by atoms with Crippen molar-refractivity contribution in [1.29, 1.82) is 0 Å². The number of methoxy groups -OCH3 is 1. The van der Waals surface area contributed by atoms with Gasteiger partial charge in [-0.1, -0.05) is 6.92 Å². The maximum atomic E-state index is 11.8. The van der Waals surface area contributed by atoms with Crippen LogP contribution in [0.1, 0.15) is 17.3 Å². The first-order valence-corrected chi connectivity index (χ1v) is 5.15. The number of ether oxygens (including phenoxy) is 3. The molecule has 0 aliphatic carbocycles. The molecule has 1 aromatic rings. The average Bonchev–Trinajstić information content (AvgIpc) is 2.31. The number of Topliss-reactive ketones (excluding diaryl/α,β-unsaturated/α-hetero) is 1. The molecule has 0 fully saturated rings. The fourth-order valence-electron chi connectivity index (χ4n) is 1.60. The first kappa shape index (κ1) is 11.0. The van der Waals surface area contributed by atoms with E-state index in [-0.39, 0.29) is 18.5 Å². The molecule has 16 heavy (non-hydrogen) atoms. The molecule has 0 spiro atoms. The maximum Gasteiger partial charge on any atom is 0.188 e. The van der Waals surface area contributed by atoms with Gasteiger partial charge < -0.3 is 14.2 Å². The van der Waals surface area contributed by atoms with Gasteiger partial charge in [0.25, 0.3) is 0 Å². The first-order chi connectivity index (χ1) is 7.72. The van der Waals surface area contributed by atoms with Gasteiger partial charge >= 0.3 is 0 Å². The van der Waals surface area contributed by atoms with E-state index in [0.717, 1.165) is 0 Å². The number of rotatable bonds is 3. The van der Waals surface area contributed by atoms with Crippen LogP contribution in [-0.4, -0.2) is 26.3 Å². The SMILES string of the molecule is COCOc1ccc2c(c1)OCC(C)C2=O. The molecule has 4 nitrogen and oxygen atoms in total. The van der Waals surface area contributed by atoms with Gasteiger partial charge in [0.1, 0.15) is 11.5 Å². The van der Waals surface area contributed by atoms with Crippen molar-refractivity contribution >= 4 is 5.78 Å². The van der Waals surface area contributed by atoms with Crippen LogP contribution in [0.5, 0.6) is 11.5 Å². The number of hydrogen-bond donors (Lipinski definition) is 0. The molecule has 0 radical (unpaired) electrons. The Bertz CT molecular complexity index is 400. The molecule has 0 aromatic heterocycles. The molecule has 1 aromatic carbocycles. The maximum absolute atomic E-state index is 11.8. The number of ketones is 1. The van der Waals surface area contributed by atoms with E-state index in [9.17, 15) is 4.79 Å². The van der Waals surface area contributed by atoms with Crippen LogP contribution in [0.25, 0.3) is 0 Å². The second kappa shape index (κ2) is 4.53. The minimum atomic E-state index is -0.0711. The fraction of sp³-hybridized carbons (Fsp3) is 0.417. The Morgan fingerprint density at radius 3 is 3.06 bits per heavy atom. The Hall–Kier alpha value is -1.55. The zero-order chi connectivity index (χ0) is 11.5. The molecule has 1 atom stereocenters. The molecule has 0 amide bonds. The average molecular weight is 222 g/mol. The molecule has 1 heterocycles. The number of fused-ring (bicyclic) bond motifs is 1. The van der Waals surface area contributed by atoms with Gasteiger partial charge in [0.2, 0.25) is 0 Å².